The van der Waals surface area contributed by atoms with E-state index in [9.17, 15) is 0 Å². The van der Waals surface area contributed by atoms with Gasteiger partial charge in [0.15, 0.2) is 0 Å². The van der Waals surface area contributed by atoms with E-state index in [1.54, 1.807) is 17.5 Å². The van der Waals surface area contributed by atoms with Crippen LogP contribution in [0.15, 0.2) is 18.5 Å². The summed E-state index contributed by atoms with van der Waals surface area (Å²) in [5.74, 6) is 1.46. The second-order valence-corrected chi connectivity index (χ2v) is 4.92. The Labute approximate surface area is 111 Å². The summed E-state index contributed by atoms with van der Waals surface area (Å²) in [6.07, 6.45) is 4.72. The van der Waals surface area contributed by atoms with Crippen molar-refractivity contribution in [1.29, 1.82) is 0 Å². The normalized spacial score (nSPS) is 10.3. The van der Waals surface area contributed by atoms with Gasteiger partial charge in [-0.1, -0.05) is 6.92 Å². The summed E-state index contributed by atoms with van der Waals surface area (Å²) in [6, 6.07) is 1.86. The fraction of sp³-hybridized carbons (Fsp3) is 0.417. The summed E-state index contributed by atoms with van der Waals surface area (Å²) in [5, 5.41) is 7.42. The quantitative estimate of drug-likeness (QED) is 0.838. The molecule has 18 heavy (non-hydrogen) atoms. The molecule has 2 heterocycles. The first kappa shape index (κ1) is 12.8. The summed E-state index contributed by atoms with van der Waals surface area (Å²) >= 11 is 1.73. The van der Waals surface area contributed by atoms with Crippen molar-refractivity contribution in [3.63, 3.8) is 0 Å². The van der Waals surface area contributed by atoms with Crippen LogP contribution in [0.5, 0.6) is 0 Å². The molecule has 0 saturated carbocycles. The summed E-state index contributed by atoms with van der Waals surface area (Å²) < 4.78 is 0. The van der Waals surface area contributed by atoms with E-state index in [0.29, 0.717) is 12.5 Å². The van der Waals surface area contributed by atoms with Gasteiger partial charge in [-0.15, -0.1) is 11.3 Å². The lowest BCUT2D eigenvalue weighted by molar-refractivity contribution is 1.04. The number of anilines is 2. The molecule has 0 radical (unpaired) electrons. The highest BCUT2D eigenvalue weighted by Crippen LogP contribution is 2.15. The van der Waals surface area contributed by atoms with Gasteiger partial charge in [0, 0.05) is 23.8 Å². The highest BCUT2D eigenvalue weighted by Gasteiger charge is 2.02. The van der Waals surface area contributed by atoms with Crippen molar-refractivity contribution in [2.24, 2.45) is 0 Å². The maximum atomic E-state index is 4.36. The third kappa shape index (κ3) is 3.40. The molecule has 2 N–H and O–H groups in total. The molecule has 96 valence electrons. The number of rotatable bonds is 6. The zero-order valence-corrected chi connectivity index (χ0v) is 11.4. The third-order valence-electron chi connectivity index (χ3n) is 2.36. The Morgan fingerprint density at radius 1 is 1.22 bits per heavy atom. The van der Waals surface area contributed by atoms with Crippen molar-refractivity contribution in [1.82, 2.24) is 15.0 Å². The molecule has 2 aromatic rings. The van der Waals surface area contributed by atoms with E-state index >= 15 is 0 Å². The third-order valence-corrected chi connectivity index (χ3v) is 3.50. The minimum absolute atomic E-state index is 0.649. The largest absolute Gasteiger partial charge is 0.363 e. The molecule has 6 heteroatoms. The molecule has 2 rings (SSSR count). The van der Waals surface area contributed by atoms with Gasteiger partial charge in [-0.05, 0) is 19.4 Å². The van der Waals surface area contributed by atoms with Crippen molar-refractivity contribution in [2.45, 2.75) is 26.8 Å². The van der Waals surface area contributed by atoms with Gasteiger partial charge >= 0.3 is 0 Å². The summed E-state index contributed by atoms with van der Waals surface area (Å²) in [7, 11) is 0. The van der Waals surface area contributed by atoms with Crippen LogP contribution in [0.1, 0.15) is 23.7 Å². The number of hydrogen-bond donors (Lipinski definition) is 2. The zero-order chi connectivity index (χ0) is 12.8. The number of aromatic nitrogens is 3. The molecule has 0 aliphatic carbocycles. The molecule has 0 amide bonds. The van der Waals surface area contributed by atoms with Gasteiger partial charge < -0.3 is 10.6 Å². The molecule has 0 aliphatic rings. The van der Waals surface area contributed by atoms with Crippen LogP contribution in [0, 0.1) is 0 Å². The second-order valence-electron chi connectivity index (χ2n) is 3.72. The van der Waals surface area contributed by atoms with Crippen molar-refractivity contribution in [2.75, 3.05) is 17.2 Å². The van der Waals surface area contributed by atoms with E-state index < -0.39 is 0 Å². The zero-order valence-electron chi connectivity index (χ0n) is 10.6. The lowest BCUT2D eigenvalue weighted by Gasteiger charge is -2.05. The highest BCUT2D eigenvalue weighted by molar-refractivity contribution is 7.11. The van der Waals surface area contributed by atoms with Crippen LogP contribution in [-0.2, 0) is 13.0 Å². The molecule has 5 nitrogen and oxygen atoms in total. The predicted octanol–water partition coefficient (Wildman–Crippen LogP) is 2.54. The Morgan fingerprint density at radius 2 is 2.11 bits per heavy atom. The molecule has 0 spiro atoms. The van der Waals surface area contributed by atoms with E-state index in [2.05, 4.69) is 32.5 Å². The van der Waals surface area contributed by atoms with Gasteiger partial charge in [-0.3, -0.25) is 0 Å². The summed E-state index contributed by atoms with van der Waals surface area (Å²) in [6.45, 7) is 5.67. The average molecular weight is 263 g/mol. The fourth-order valence-electron chi connectivity index (χ4n) is 1.46. The van der Waals surface area contributed by atoms with Crippen LogP contribution in [0.3, 0.4) is 0 Å². The SMILES string of the molecule is CCNc1nccc(NCc2ncc(CC)s2)n1. The molecular formula is C12H17N5S. The molecular weight excluding hydrogens is 246 g/mol. The number of hydrogen-bond acceptors (Lipinski definition) is 6. The van der Waals surface area contributed by atoms with Crippen molar-refractivity contribution >= 4 is 23.1 Å². The minimum Gasteiger partial charge on any atom is -0.363 e. The van der Waals surface area contributed by atoms with Gasteiger partial charge in [0.25, 0.3) is 0 Å². The number of thiazole rings is 1. The van der Waals surface area contributed by atoms with Crippen LogP contribution in [0.25, 0.3) is 0 Å². The molecule has 0 fully saturated rings. The fourth-order valence-corrected chi connectivity index (χ4v) is 2.26. The van der Waals surface area contributed by atoms with E-state index in [0.717, 1.165) is 23.8 Å². The Bertz CT molecular complexity index is 497. The Hall–Kier alpha value is -1.69. The molecule has 0 saturated heterocycles. The number of aryl methyl sites for hydroxylation is 1. The lowest BCUT2D eigenvalue weighted by Crippen LogP contribution is -2.05. The summed E-state index contributed by atoms with van der Waals surface area (Å²) in [5.41, 5.74) is 0. The van der Waals surface area contributed by atoms with Gasteiger partial charge in [-0.2, -0.15) is 4.98 Å². The van der Waals surface area contributed by atoms with Crippen molar-refractivity contribution in [3.8, 4) is 0 Å². The Morgan fingerprint density at radius 3 is 2.83 bits per heavy atom. The average Bonchev–Trinajstić information content (AvgIpc) is 2.85. The van der Waals surface area contributed by atoms with Gasteiger partial charge in [0.05, 0.1) is 6.54 Å². The first-order valence-electron chi connectivity index (χ1n) is 6.06. The maximum absolute atomic E-state index is 4.36. The van der Waals surface area contributed by atoms with E-state index in [-0.39, 0.29) is 0 Å². The molecule has 0 atom stereocenters. The maximum Gasteiger partial charge on any atom is 0.224 e. The highest BCUT2D eigenvalue weighted by atomic mass is 32.1. The van der Waals surface area contributed by atoms with E-state index in [1.165, 1.54) is 4.88 Å². The smallest absolute Gasteiger partial charge is 0.224 e. The summed E-state index contributed by atoms with van der Waals surface area (Å²) in [4.78, 5) is 14.1. The predicted molar refractivity (Wildman–Crippen MR) is 75.0 cm³/mol. The topological polar surface area (TPSA) is 62.7 Å². The number of nitrogens with one attached hydrogen (secondary N) is 2. The van der Waals surface area contributed by atoms with Crippen molar-refractivity contribution < 1.29 is 0 Å². The lowest BCUT2D eigenvalue weighted by atomic mass is 10.4. The van der Waals surface area contributed by atoms with Crippen LogP contribution in [0.2, 0.25) is 0 Å². The number of nitrogens with zero attached hydrogens (tertiary/aromatic N) is 3. The Kier molecular flexibility index (Phi) is 4.46. The minimum atomic E-state index is 0.649. The van der Waals surface area contributed by atoms with Gasteiger partial charge in [0.2, 0.25) is 5.95 Å². The second kappa shape index (κ2) is 6.30. The molecule has 0 aromatic carbocycles. The first-order chi connectivity index (χ1) is 8.81. The molecule has 2 aromatic heterocycles. The molecule has 0 aliphatic heterocycles. The monoisotopic (exact) mass is 263 g/mol. The van der Waals surface area contributed by atoms with E-state index in [4.69, 9.17) is 0 Å². The molecule has 0 bridgehead atoms. The standard InChI is InChI=1S/C12H17N5S/c1-3-9-7-16-11(18-9)8-15-10-5-6-14-12(17-10)13-4-2/h5-7H,3-4,8H2,1-2H3,(H2,13,14,15,17). The van der Waals surface area contributed by atoms with E-state index in [1.807, 2.05) is 19.2 Å². The van der Waals surface area contributed by atoms with Crippen LogP contribution in [-0.4, -0.2) is 21.5 Å². The Balaban J connectivity index is 1.94. The van der Waals surface area contributed by atoms with Gasteiger partial charge in [-0.25, -0.2) is 9.97 Å². The van der Waals surface area contributed by atoms with Gasteiger partial charge in [0.1, 0.15) is 10.8 Å². The molecule has 0 unspecified atom stereocenters. The first-order valence-corrected chi connectivity index (χ1v) is 6.87. The van der Waals surface area contributed by atoms with Crippen LogP contribution >= 0.6 is 11.3 Å². The van der Waals surface area contributed by atoms with Crippen molar-refractivity contribution in [3.05, 3.63) is 28.3 Å². The van der Waals surface area contributed by atoms with Crippen LogP contribution < -0.4 is 10.6 Å². The van der Waals surface area contributed by atoms with Crippen LogP contribution in [0.4, 0.5) is 11.8 Å².